The zero-order chi connectivity index (χ0) is 37.6. The molecule has 4 saturated carbocycles. The second-order valence-corrected chi connectivity index (χ2v) is 18.5. The molecule has 0 saturated heterocycles. The normalized spacial score (nSPS) is 24.2. The van der Waals surface area contributed by atoms with E-state index in [0.717, 1.165) is 39.5 Å². The van der Waals surface area contributed by atoms with Crippen LogP contribution in [0.2, 0.25) is 0 Å². The van der Waals surface area contributed by atoms with E-state index in [1.165, 1.54) is 88.0 Å². The maximum absolute atomic E-state index is 6.54. The summed E-state index contributed by atoms with van der Waals surface area (Å²) in [6.07, 6.45) is 6.98. The highest BCUT2D eigenvalue weighted by atomic mass is 16.3. The van der Waals surface area contributed by atoms with Crippen LogP contribution in [0.25, 0.3) is 55.3 Å². The maximum atomic E-state index is 6.54. The second-order valence-electron chi connectivity index (χ2n) is 18.5. The SMILES string of the molecule is CC1(C)c2ccccc2-c2ccc(N(c3ccc4c(c3)-c3cc(-c5ccccc5)ccc3C43C4CC5CC(C4)CC3C5)c3ccc4c(c3)oc3ccccc34)cc21. The molecule has 57 heavy (non-hydrogen) atoms. The van der Waals surface area contributed by atoms with Crippen molar-refractivity contribution in [2.45, 2.75) is 56.8 Å². The van der Waals surface area contributed by atoms with Crippen LogP contribution < -0.4 is 4.90 Å². The summed E-state index contributed by atoms with van der Waals surface area (Å²) in [5.74, 6) is 3.25. The van der Waals surface area contributed by atoms with E-state index in [2.05, 4.69) is 170 Å². The fraction of sp³-hybridized carbons (Fsp3) is 0.236. The molecule has 6 aliphatic carbocycles. The molecule has 7 aromatic carbocycles. The summed E-state index contributed by atoms with van der Waals surface area (Å²) >= 11 is 0. The van der Waals surface area contributed by atoms with E-state index < -0.39 is 0 Å². The van der Waals surface area contributed by atoms with Gasteiger partial charge in [-0.2, -0.15) is 0 Å². The zero-order valence-electron chi connectivity index (χ0n) is 32.6. The third kappa shape index (κ3) is 4.31. The fourth-order valence-electron chi connectivity index (χ4n) is 13.3. The van der Waals surface area contributed by atoms with Crippen LogP contribution in [0.5, 0.6) is 0 Å². The topological polar surface area (TPSA) is 16.4 Å². The Labute approximate surface area is 334 Å². The number of hydrogen-bond donors (Lipinski definition) is 0. The molecule has 1 aromatic heterocycles. The summed E-state index contributed by atoms with van der Waals surface area (Å²) in [6.45, 7) is 4.76. The summed E-state index contributed by atoms with van der Waals surface area (Å²) in [6, 6.07) is 57.4. The molecule has 1 spiro atoms. The Morgan fingerprint density at radius 3 is 1.88 bits per heavy atom. The summed E-state index contributed by atoms with van der Waals surface area (Å²) in [5.41, 5.74) is 19.4. The van der Waals surface area contributed by atoms with Gasteiger partial charge in [-0.25, -0.2) is 0 Å². The quantitative estimate of drug-likeness (QED) is 0.179. The van der Waals surface area contributed by atoms with Gasteiger partial charge in [0.25, 0.3) is 0 Å². The Kier molecular flexibility index (Phi) is 6.44. The molecule has 0 radical (unpaired) electrons. The lowest BCUT2D eigenvalue weighted by Gasteiger charge is -2.61. The molecule has 0 amide bonds. The van der Waals surface area contributed by atoms with Crippen molar-refractivity contribution in [2.24, 2.45) is 23.7 Å². The van der Waals surface area contributed by atoms with E-state index in [-0.39, 0.29) is 10.8 Å². The van der Waals surface area contributed by atoms with Gasteiger partial charge in [-0.05, 0) is 160 Å². The van der Waals surface area contributed by atoms with Gasteiger partial charge in [0.1, 0.15) is 11.2 Å². The number of rotatable bonds is 4. The molecule has 6 aliphatic rings. The first-order valence-corrected chi connectivity index (χ1v) is 21.3. The van der Waals surface area contributed by atoms with E-state index >= 15 is 0 Å². The highest BCUT2D eigenvalue weighted by Crippen LogP contribution is 2.70. The van der Waals surface area contributed by atoms with Gasteiger partial charge in [-0.3, -0.25) is 0 Å². The van der Waals surface area contributed by atoms with Crippen molar-refractivity contribution in [3.8, 4) is 33.4 Å². The van der Waals surface area contributed by atoms with E-state index in [1.807, 2.05) is 0 Å². The number of benzene rings is 7. The summed E-state index contributed by atoms with van der Waals surface area (Å²) in [7, 11) is 0. The molecule has 0 unspecified atom stereocenters. The van der Waals surface area contributed by atoms with Crippen LogP contribution in [0.1, 0.15) is 68.2 Å². The third-order valence-corrected chi connectivity index (χ3v) is 15.4. The maximum Gasteiger partial charge on any atom is 0.137 e. The lowest BCUT2D eigenvalue weighted by molar-refractivity contribution is -0.0399. The zero-order valence-corrected chi connectivity index (χ0v) is 32.6. The van der Waals surface area contributed by atoms with Crippen molar-refractivity contribution in [3.05, 3.63) is 174 Å². The molecular formula is C55H45NO. The number of anilines is 3. The van der Waals surface area contributed by atoms with Gasteiger partial charge >= 0.3 is 0 Å². The predicted molar refractivity (Wildman–Crippen MR) is 235 cm³/mol. The molecule has 0 N–H and O–H groups in total. The molecule has 0 aliphatic heterocycles. The van der Waals surface area contributed by atoms with Crippen LogP contribution in [0.15, 0.2) is 156 Å². The van der Waals surface area contributed by atoms with Gasteiger partial charge in [-0.1, -0.05) is 111 Å². The lowest BCUT2D eigenvalue weighted by Crippen LogP contribution is -2.55. The van der Waals surface area contributed by atoms with Gasteiger partial charge in [0, 0.05) is 44.7 Å². The Bertz CT molecular complexity index is 2940. The van der Waals surface area contributed by atoms with Crippen LogP contribution in [0, 0.1) is 23.7 Å². The van der Waals surface area contributed by atoms with E-state index in [1.54, 1.807) is 11.1 Å². The minimum atomic E-state index is -0.104. The first-order valence-electron chi connectivity index (χ1n) is 21.3. The Hall–Kier alpha value is -5.86. The number of fused-ring (bicyclic) bond motifs is 9. The molecule has 0 atom stereocenters. The van der Waals surface area contributed by atoms with Gasteiger partial charge in [0.05, 0.1) is 0 Å². The lowest BCUT2D eigenvalue weighted by atomic mass is 9.43. The molecule has 2 heteroatoms. The number of hydrogen-bond acceptors (Lipinski definition) is 2. The van der Waals surface area contributed by atoms with Crippen molar-refractivity contribution in [1.82, 2.24) is 0 Å². The van der Waals surface area contributed by atoms with Crippen molar-refractivity contribution in [3.63, 3.8) is 0 Å². The Morgan fingerprint density at radius 2 is 1.05 bits per heavy atom. The van der Waals surface area contributed by atoms with Crippen molar-refractivity contribution in [1.29, 1.82) is 0 Å². The molecule has 8 aromatic rings. The average Bonchev–Trinajstić information content (AvgIpc) is 3.83. The molecular weight excluding hydrogens is 691 g/mol. The van der Waals surface area contributed by atoms with Crippen molar-refractivity contribution >= 4 is 39.0 Å². The minimum Gasteiger partial charge on any atom is -0.456 e. The number of furan rings is 1. The number of para-hydroxylation sites is 1. The second kappa shape index (κ2) is 11.4. The third-order valence-electron chi connectivity index (χ3n) is 15.4. The summed E-state index contributed by atoms with van der Waals surface area (Å²) in [4.78, 5) is 2.49. The Balaban J connectivity index is 1.04. The monoisotopic (exact) mass is 735 g/mol. The molecule has 4 fully saturated rings. The van der Waals surface area contributed by atoms with Crippen LogP contribution in [0.4, 0.5) is 17.1 Å². The van der Waals surface area contributed by atoms with Crippen LogP contribution in [-0.2, 0) is 10.8 Å². The standard InChI is InChI=1S/C55H45NO/c1-54(2)48-14-8-6-12-42(48)43-20-17-40(31-51(43)54)56(41-18-21-45-44-13-7-9-15-52(44)57-53(45)32-41)39-19-23-50-47(30-39)46-29-36(35-10-4-3-5-11-35)16-22-49(46)55(50)37-25-33-24-34(27-37)28-38(55)26-33/h3-23,29-34,37-38H,24-28H2,1-2H3. The first-order chi connectivity index (χ1) is 27.9. The van der Waals surface area contributed by atoms with Crippen LogP contribution in [0.3, 0.4) is 0 Å². The van der Waals surface area contributed by atoms with Crippen molar-refractivity contribution in [2.75, 3.05) is 4.90 Å². The van der Waals surface area contributed by atoms with Gasteiger partial charge in [-0.15, -0.1) is 0 Å². The molecule has 2 nitrogen and oxygen atoms in total. The van der Waals surface area contributed by atoms with Gasteiger partial charge in [0.15, 0.2) is 0 Å². The minimum absolute atomic E-state index is 0.104. The molecule has 4 bridgehead atoms. The number of nitrogens with zero attached hydrogens (tertiary/aromatic N) is 1. The van der Waals surface area contributed by atoms with Crippen LogP contribution >= 0.6 is 0 Å². The van der Waals surface area contributed by atoms with E-state index in [4.69, 9.17) is 4.42 Å². The average molecular weight is 736 g/mol. The molecule has 14 rings (SSSR count). The Morgan fingerprint density at radius 1 is 0.439 bits per heavy atom. The first kappa shape index (κ1) is 32.2. The highest BCUT2D eigenvalue weighted by molar-refractivity contribution is 6.06. The largest absolute Gasteiger partial charge is 0.456 e. The molecule has 276 valence electrons. The van der Waals surface area contributed by atoms with Crippen LogP contribution in [-0.4, -0.2) is 0 Å². The van der Waals surface area contributed by atoms with Crippen molar-refractivity contribution < 1.29 is 4.42 Å². The molecule has 1 heterocycles. The van der Waals surface area contributed by atoms with E-state index in [9.17, 15) is 0 Å². The summed E-state index contributed by atoms with van der Waals surface area (Å²) < 4.78 is 6.54. The highest BCUT2D eigenvalue weighted by Gasteiger charge is 2.61. The summed E-state index contributed by atoms with van der Waals surface area (Å²) in [5, 5.41) is 2.31. The predicted octanol–water partition coefficient (Wildman–Crippen LogP) is 14.8. The fourth-order valence-corrected chi connectivity index (χ4v) is 13.3. The van der Waals surface area contributed by atoms with E-state index in [0.29, 0.717) is 11.8 Å². The smallest absolute Gasteiger partial charge is 0.137 e. The van der Waals surface area contributed by atoms with Gasteiger partial charge < -0.3 is 9.32 Å². The van der Waals surface area contributed by atoms with Gasteiger partial charge in [0.2, 0.25) is 0 Å².